The maximum Gasteiger partial charge on any atom is 0.242 e. The lowest BCUT2D eigenvalue weighted by Gasteiger charge is -2.25. The molecule has 0 saturated carbocycles. The second-order valence-electron chi connectivity index (χ2n) is 6.32. The fourth-order valence-corrected chi connectivity index (χ4v) is 2.73. The van der Waals surface area contributed by atoms with Crippen molar-refractivity contribution in [2.24, 2.45) is 4.99 Å². The number of benzene rings is 1. The normalized spacial score (nSPS) is 11.1. The van der Waals surface area contributed by atoms with Crippen molar-refractivity contribution in [3.8, 4) is 0 Å². The molecule has 0 aliphatic heterocycles. The van der Waals surface area contributed by atoms with Crippen LogP contribution in [0.3, 0.4) is 0 Å². The summed E-state index contributed by atoms with van der Waals surface area (Å²) >= 11 is 5.84. The van der Waals surface area contributed by atoms with Crippen molar-refractivity contribution in [3.63, 3.8) is 0 Å². The van der Waals surface area contributed by atoms with E-state index in [-0.39, 0.29) is 18.4 Å². The third kappa shape index (κ3) is 8.61. The van der Waals surface area contributed by atoms with Crippen LogP contribution in [0.4, 0.5) is 5.69 Å². The number of nitrogens with zero attached hydrogens (tertiary/aromatic N) is 3. The average molecular weight is 410 g/mol. The van der Waals surface area contributed by atoms with Gasteiger partial charge in [0.15, 0.2) is 5.96 Å². The molecule has 0 saturated heterocycles. The molecule has 2 amide bonds. The molecule has 156 valence electrons. The monoisotopic (exact) mass is 409 g/mol. The van der Waals surface area contributed by atoms with E-state index in [1.54, 1.807) is 29.2 Å². The molecule has 7 nitrogen and oxygen atoms in total. The second-order valence-corrected chi connectivity index (χ2v) is 6.75. The van der Waals surface area contributed by atoms with Crippen molar-refractivity contribution in [1.29, 1.82) is 0 Å². The minimum absolute atomic E-state index is 0.0624. The van der Waals surface area contributed by atoms with Crippen molar-refractivity contribution >= 4 is 35.1 Å². The quantitative estimate of drug-likeness (QED) is 0.354. The fourth-order valence-electron chi connectivity index (χ4n) is 2.61. The van der Waals surface area contributed by atoms with Gasteiger partial charge in [-0.1, -0.05) is 11.6 Å². The zero-order chi connectivity index (χ0) is 20.9. The molecular weight excluding hydrogens is 378 g/mol. The van der Waals surface area contributed by atoms with Gasteiger partial charge in [-0.2, -0.15) is 0 Å². The number of rotatable bonds is 10. The van der Waals surface area contributed by atoms with Gasteiger partial charge in [0.1, 0.15) is 0 Å². The Balaban J connectivity index is 2.49. The number of likely N-dealkylation sites (N-methyl/N-ethyl adjacent to an activating group) is 2. The van der Waals surface area contributed by atoms with E-state index in [2.05, 4.69) is 15.6 Å². The SMILES string of the molecule is CCNC(=NCCCC(=O)Nc1ccc(Cl)cc1)N(C)CC(=O)N(CC)CC. The number of hydrogen-bond donors (Lipinski definition) is 2. The molecule has 0 atom stereocenters. The van der Waals surface area contributed by atoms with Gasteiger partial charge >= 0.3 is 0 Å². The highest BCUT2D eigenvalue weighted by atomic mass is 35.5. The summed E-state index contributed by atoms with van der Waals surface area (Å²) in [7, 11) is 1.84. The van der Waals surface area contributed by atoms with Gasteiger partial charge in [0, 0.05) is 50.4 Å². The van der Waals surface area contributed by atoms with Crippen LogP contribution in [0.15, 0.2) is 29.3 Å². The van der Waals surface area contributed by atoms with Crippen molar-refractivity contribution in [1.82, 2.24) is 15.1 Å². The number of amides is 2. The van der Waals surface area contributed by atoms with E-state index in [9.17, 15) is 9.59 Å². The van der Waals surface area contributed by atoms with Gasteiger partial charge in [0.25, 0.3) is 0 Å². The third-order valence-electron chi connectivity index (χ3n) is 4.14. The Morgan fingerprint density at radius 2 is 1.75 bits per heavy atom. The number of anilines is 1. The van der Waals surface area contributed by atoms with Gasteiger partial charge < -0.3 is 20.4 Å². The molecule has 0 unspecified atom stereocenters. The Labute approximate surface area is 173 Å². The first kappa shape index (κ1) is 23.8. The molecule has 0 fully saturated rings. The number of hydrogen-bond acceptors (Lipinski definition) is 3. The van der Waals surface area contributed by atoms with Gasteiger partial charge in [0.05, 0.1) is 6.54 Å². The maximum atomic E-state index is 12.3. The summed E-state index contributed by atoms with van der Waals surface area (Å²) < 4.78 is 0. The molecule has 0 radical (unpaired) electrons. The summed E-state index contributed by atoms with van der Waals surface area (Å²) in [6.07, 6.45) is 0.986. The summed E-state index contributed by atoms with van der Waals surface area (Å²) in [5.41, 5.74) is 0.723. The Hall–Kier alpha value is -2.28. The Morgan fingerprint density at radius 1 is 1.11 bits per heavy atom. The van der Waals surface area contributed by atoms with Gasteiger partial charge in [-0.3, -0.25) is 14.6 Å². The fraction of sp³-hybridized carbons (Fsp3) is 0.550. The molecule has 1 rings (SSSR count). The molecule has 0 aromatic heterocycles. The van der Waals surface area contributed by atoms with Crippen LogP contribution in [0.1, 0.15) is 33.6 Å². The van der Waals surface area contributed by atoms with Gasteiger partial charge in [-0.15, -0.1) is 0 Å². The van der Waals surface area contributed by atoms with Gasteiger partial charge in [-0.25, -0.2) is 0 Å². The van der Waals surface area contributed by atoms with E-state index in [1.807, 2.05) is 32.7 Å². The molecule has 0 aliphatic carbocycles. The first-order valence-corrected chi connectivity index (χ1v) is 10.1. The Bertz CT molecular complexity index is 645. The molecule has 1 aromatic rings. The second kappa shape index (κ2) is 13.0. The molecule has 0 bridgehead atoms. The first-order valence-electron chi connectivity index (χ1n) is 9.73. The van der Waals surface area contributed by atoms with E-state index in [4.69, 9.17) is 11.6 Å². The zero-order valence-electron chi connectivity index (χ0n) is 17.3. The van der Waals surface area contributed by atoms with Gasteiger partial charge in [0.2, 0.25) is 11.8 Å². The molecule has 1 aromatic carbocycles. The number of carbonyl (C=O) groups excluding carboxylic acids is 2. The molecule has 0 heterocycles. The lowest BCUT2D eigenvalue weighted by molar-refractivity contribution is -0.131. The average Bonchev–Trinajstić information content (AvgIpc) is 2.67. The number of nitrogens with one attached hydrogen (secondary N) is 2. The Morgan fingerprint density at radius 3 is 2.32 bits per heavy atom. The highest BCUT2D eigenvalue weighted by Crippen LogP contribution is 2.13. The topological polar surface area (TPSA) is 77.0 Å². The number of carbonyl (C=O) groups is 2. The van der Waals surface area contributed by atoms with Crippen molar-refractivity contribution in [2.45, 2.75) is 33.6 Å². The van der Waals surface area contributed by atoms with E-state index >= 15 is 0 Å². The highest BCUT2D eigenvalue weighted by molar-refractivity contribution is 6.30. The molecule has 28 heavy (non-hydrogen) atoms. The lowest BCUT2D eigenvalue weighted by atomic mass is 10.2. The standard InChI is InChI=1S/C20H32ClN5O2/c1-5-22-20(25(4)15-19(28)26(6-2)7-3)23-14-8-9-18(27)24-17-12-10-16(21)11-13-17/h10-13H,5-9,14-15H2,1-4H3,(H,22,23)(H,24,27). The van der Waals surface area contributed by atoms with E-state index in [0.717, 1.165) is 5.69 Å². The minimum atomic E-state index is -0.0624. The van der Waals surface area contributed by atoms with E-state index in [0.29, 0.717) is 50.0 Å². The molecule has 0 spiro atoms. The van der Waals surface area contributed by atoms with Crippen LogP contribution in [0.5, 0.6) is 0 Å². The van der Waals surface area contributed by atoms with Crippen LogP contribution in [0.2, 0.25) is 5.02 Å². The maximum absolute atomic E-state index is 12.3. The first-order chi connectivity index (χ1) is 13.4. The number of halogens is 1. The summed E-state index contributed by atoms with van der Waals surface area (Å²) in [6, 6.07) is 7.01. The van der Waals surface area contributed by atoms with E-state index < -0.39 is 0 Å². The molecule has 2 N–H and O–H groups in total. The van der Waals surface area contributed by atoms with Crippen LogP contribution in [-0.4, -0.2) is 67.3 Å². The van der Waals surface area contributed by atoms with Crippen molar-refractivity contribution < 1.29 is 9.59 Å². The van der Waals surface area contributed by atoms with E-state index in [1.165, 1.54) is 0 Å². The van der Waals surface area contributed by atoms with Crippen LogP contribution >= 0.6 is 11.6 Å². The number of aliphatic imine (C=N–C) groups is 1. The smallest absolute Gasteiger partial charge is 0.242 e. The van der Waals surface area contributed by atoms with Crippen molar-refractivity contribution in [2.75, 3.05) is 45.1 Å². The van der Waals surface area contributed by atoms with Crippen LogP contribution < -0.4 is 10.6 Å². The largest absolute Gasteiger partial charge is 0.357 e. The summed E-state index contributed by atoms with van der Waals surface area (Å²) in [6.45, 7) is 8.78. The molecule has 8 heteroatoms. The van der Waals surface area contributed by atoms with Gasteiger partial charge in [-0.05, 0) is 51.5 Å². The summed E-state index contributed by atoms with van der Waals surface area (Å²) in [5, 5.41) is 6.65. The summed E-state index contributed by atoms with van der Waals surface area (Å²) in [5.74, 6) is 0.675. The van der Waals surface area contributed by atoms with Crippen LogP contribution in [0, 0.1) is 0 Å². The zero-order valence-corrected chi connectivity index (χ0v) is 18.1. The van der Waals surface area contributed by atoms with Crippen LogP contribution in [0.25, 0.3) is 0 Å². The predicted molar refractivity (Wildman–Crippen MR) is 116 cm³/mol. The molecular formula is C20H32ClN5O2. The summed E-state index contributed by atoms with van der Waals surface area (Å²) in [4.78, 5) is 32.4. The van der Waals surface area contributed by atoms with Crippen molar-refractivity contribution in [3.05, 3.63) is 29.3 Å². The lowest BCUT2D eigenvalue weighted by Crippen LogP contribution is -2.45. The third-order valence-corrected chi connectivity index (χ3v) is 4.39. The Kier molecular flexibility index (Phi) is 11.0. The minimum Gasteiger partial charge on any atom is -0.357 e. The highest BCUT2D eigenvalue weighted by Gasteiger charge is 2.14. The van der Waals surface area contributed by atoms with Crippen LogP contribution in [-0.2, 0) is 9.59 Å². The number of guanidine groups is 1. The predicted octanol–water partition coefficient (Wildman–Crippen LogP) is 2.82. The molecule has 0 aliphatic rings.